The Balaban J connectivity index is 3.14. The van der Waals surface area contributed by atoms with Gasteiger partial charge in [0, 0.05) is 0 Å². The molecule has 0 aliphatic rings. The molecule has 0 aliphatic heterocycles. The van der Waals surface area contributed by atoms with Gasteiger partial charge in [-0.05, 0) is 36.6 Å². The molecule has 108 valence electrons. The number of esters is 1. The Morgan fingerprint density at radius 2 is 2.05 bits per heavy atom. The Kier molecular flexibility index (Phi) is 5.91. The molecule has 20 heavy (non-hydrogen) atoms. The van der Waals surface area contributed by atoms with E-state index >= 15 is 0 Å². The summed E-state index contributed by atoms with van der Waals surface area (Å²) in [6.45, 7) is 0.753. The van der Waals surface area contributed by atoms with Crippen molar-refractivity contribution in [3.63, 3.8) is 0 Å². The lowest BCUT2D eigenvalue weighted by atomic mass is 9.99. The molecule has 1 aromatic carbocycles. The van der Waals surface area contributed by atoms with E-state index in [9.17, 15) is 13.6 Å². The number of aryl methyl sites for hydroxylation is 1. The summed E-state index contributed by atoms with van der Waals surface area (Å²) >= 11 is 0. The lowest BCUT2D eigenvalue weighted by molar-refractivity contribution is -0.142. The Hall–Kier alpha value is -2.16. The molecule has 6 heteroatoms. The number of carbonyl (C=O) groups is 1. The van der Waals surface area contributed by atoms with E-state index in [1.807, 2.05) is 6.92 Å². The largest absolute Gasteiger partial charge is 0.466 e. The summed E-state index contributed by atoms with van der Waals surface area (Å²) in [5.74, 6) is -0.672. The summed E-state index contributed by atoms with van der Waals surface area (Å²) in [6.07, 6.45) is 0.528. The minimum absolute atomic E-state index is 0.0229. The first-order chi connectivity index (χ1) is 9.51. The first kappa shape index (κ1) is 15.9. The van der Waals surface area contributed by atoms with Crippen LogP contribution >= 0.6 is 0 Å². The van der Waals surface area contributed by atoms with E-state index in [2.05, 4.69) is 4.74 Å². The van der Waals surface area contributed by atoms with Gasteiger partial charge in [-0.1, -0.05) is 6.92 Å². The van der Waals surface area contributed by atoms with Gasteiger partial charge in [-0.25, -0.2) is 0 Å². The average molecular weight is 283 g/mol. The van der Waals surface area contributed by atoms with Crippen LogP contribution in [-0.2, 0) is 22.4 Å². The van der Waals surface area contributed by atoms with Gasteiger partial charge in [0.05, 0.1) is 18.6 Å². The second-order valence-electron chi connectivity index (χ2n) is 3.94. The van der Waals surface area contributed by atoms with E-state index in [-0.39, 0.29) is 24.3 Å². The van der Waals surface area contributed by atoms with Gasteiger partial charge in [0.15, 0.2) is 0 Å². The fourth-order valence-electron chi connectivity index (χ4n) is 1.81. The van der Waals surface area contributed by atoms with Crippen LogP contribution in [0.4, 0.5) is 8.78 Å². The van der Waals surface area contributed by atoms with Crippen molar-refractivity contribution in [3.05, 3.63) is 28.8 Å². The summed E-state index contributed by atoms with van der Waals surface area (Å²) in [6, 6.07) is 4.58. The molecule has 0 saturated heterocycles. The van der Waals surface area contributed by atoms with Gasteiger partial charge in [0.2, 0.25) is 0 Å². The molecule has 0 radical (unpaired) electrons. The summed E-state index contributed by atoms with van der Waals surface area (Å²) in [5, 5.41) is 8.94. The van der Waals surface area contributed by atoms with Gasteiger partial charge in [0.1, 0.15) is 11.8 Å². The second kappa shape index (κ2) is 7.43. The molecule has 0 aliphatic carbocycles. The van der Waals surface area contributed by atoms with Gasteiger partial charge >= 0.3 is 12.6 Å². The van der Waals surface area contributed by atoms with Crippen molar-refractivity contribution in [2.75, 3.05) is 6.61 Å². The number of benzene rings is 1. The highest BCUT2D eigenvalue weighted by atomic mass is 19.3. The molecular formula is C14H15F2NO3. The predicted molar refractivity (Wildman–Crippen MR) is 67.5 cm³/mol. The highest BCUT2D eigenvalue weighted by Gasteiger charge is 2.16. The van der Waals surface area contributed by atoms with Crippen LogP contribution in [0.25, 0.3) is 0 Å². The average Bonchev–Trinajstić information content (AvgIpc) is 2.38. The molecule has 0 N–H and O–H groups in total. The van der Waals surface area contributed by atoms with Gasteiger partial charge in [-0.2, -0.15) is 14.0 Å². The number of alkyl halides is 2. The normalized spacial score (nSPS) is 10.2. The van der Waals surface area contributed by atoms with Crippen LogP contribution in [-0.4, -0.2) is 19.2 Å². The summed E-state index contributed by atoms with van der Waals surface area (Å²) < 4.78 is 33.8. The molecule has 0 aromatic heterocycles. The fraction of sp³-hybridized carbons (Fsp3) is 0.429. The minimum Gasteiger partial charge on any atom is -0.466 e. The first-order valence-electron chi connectivity index (χ1n) is 6.18. The molecule has 0 spiro atoms. The topological polar surface area (TPSA) is 59.3 Å². The van der Waals surface area contributed by atoms with E-state index in [0.717, 1.165) is 5.56 Å². The third kappa shape index (κ3) is 4.19. The zero-order valence-corrected chi connectivity index (χ0v) is 11.3. The number of ether oxygens (including phenoxy) is 2. The monoisotopic (exact) mass is 283 g/mol. The van der Waals surface area contributed by atoms with Gasteiger partial charge in [0.25, 0.3) is 0 Å². The number of halogens is 2. The highest BCUT2D eigenvalue weighted by Crippen LogP contribution is 2.26. The van der Waals surface area contributed by atoms with Crippen LogP contribution in [0.1, 0.15) is 30.5 Å². The Labute approximate surface area is 115 Å². The van der Waals surface area contributed by atoms with Gasteiger partial charge in [-0.15, -0.1) is 0 Å². The fourth-order valence-corrected chi connectivity index (χ4v) is 1.81. The van der Waals surface area contributed by atoms with Crippen LogP contribution < -0.4 is 4.74 Å². The number of hydrogen-bond donors (Lipinski definition) is 0. The quantitative estimate of drug-likeness (QED) is 0.753. The highest BCUT2D eigenvalue weighted by molar-refractivity contribution is 5.73. The Morgan fingerprint density at radius 1 is 1.35 bits per heavy atom. The SMILES string of the molecule is CCOC(=O)Cc1cc(OC(F)F)c(C#N)cc1CC. The molecule has 0 atom stereocenters. The maximum Gasteiger partial charge on any atom is 0.387 e. The molecule has 0 heterocycles. The van der Waals surface area contributed by atoms with Crippen molar-refractivity contribution >= 4 is 5.97 Å². The number of nitrogens with zero attached hydrogens (tertiary/aromatic N) is 1. The zero-order chi connectivity index (χ0) is 15.1. The maximum atomic E-state index is 12.3. The smallest absolute Gasteiger partial charge is 0.387 e. The van der Waals surface area contributed by atoms with Crippen molar-refractivity contribution in [1.29, 1.82) is 5.26 Å². The lowest BCUT2D eigenvalue weighted by Gasteiger charge is -2.12. The minimum atomic E-state index is -3.02. The second-order valence-corrected chi connectivity index (χ2v) is 3.94. The van der Waals surface area contributed by atoms with Crippen molar-refractivity contribution in [1.82, 2.24) is 0 Å². The van der Waals surface area contributed by atoms with E-state index < -0.39 is 12.6 Å². The molecule has 1 aromatic rings. The van der Waals surface area contributed by atoms with E-state index in [0.29, 0.717) is 12.0 Å². The number of rotatable bonds is 6. The number of nitriles is 1. The molecular weight excluding hydrogens is 268 g/mol. The standard InChI is InChI=1S/C14H15F2NO3/c1-3-9-5-11(8-17)12(20-14(15)16)6-10(9)7-13(18)19-4-2/h5-6,14H,3-4,7H2,1-2H3. The van der Waals surface area contributed by atoms with E-state index in [4.69, 9.17) is 10.00 Å². The Bertz CT molecular complexity index is 524. The molecule has 4 nitrogen and oxygen atoms in total. The summed E-state index contributed by atoms with van der Waals surface area (Å²) in [7, 11) is 0. The summed E-state index contributed by atoms with van der Waals surface area (Å²) in [5.41, 5.74) is 1.28. The van der Waals surface area contributed by atoms with Crippen LogP contribution in [0.2, 0.25) is 0 Å². The van der Waals surface area contributed by atoms with Crippen LogP contribution in [0.3, 0.4) is 0 Å². The van der Waals surface area contributed by atoms with Crippen molar-refractivity contribution in [3.8, 4) is 11.8 Å². The number of hydrogen-bond acceptors (Lipinski definition) is 4. The lowest BCUT2D eigenvalue weighted by Crippen LogP contribution is -2.11. The van der Waals surface area contributed by atoms with Crippen LogP contribution in [0.15, 0.2) is 12.1 Å². The van der Waals surface area contributed by atoms with Gasteiger partial charge < -0.3 is 9.47 Å². The molecule has 0 fully saturated rings. The zero-order valence-electron chi connectivity index (χ0n) is 11.3. The molecule has 0 amide bonds. The molecule has 1 rings (SSSR count). The third-order valence-electron chi connectivity index (χ3n) is 2.66. The van der Waals surface area contributed by atoms with E-state index in [1.165, 1.54) is 12.1 Å². The molecule has 0 bridgehead atoms. The third-order valence-corrected chi connectivity index (χ3v) is 2.66. The Morgan fingerprint density at radius 3 is 2.55 bits per heavy atom. The maximum absolute atomic E-state index is 12.3. The molecule has 0 unspecified atom stereocenters. The van der Waals surface area contributed by atoms with Crippen molar-refractivity contribution in [2.45, 2.75) is 33.3 Å². The first-order valence-corrected chi connectivity index (χ1v) is 6.18. The molecule has 0 saturated carbocycles. The van der Waals surface area contributed by atoms with Crippen LogP contribution in [0.5, 0.6) is 5.75 Å². The van der Waals surface area contributed by atoms with Crippen molar-refractivity contribution in [2.24, 2.45) is 0 Å². The van der Waals surface area contributed by atoms with E-state index in [1.54, 1.807) is 13.0 Å². The van der Waals surface area contributed by atoms with Crippen LogP contribution in [0, 0.1) is 11.3 Å². The number of carbonyl (C=O) groups excluding carboxylic acids is 1. The van der Waals surface area contributed by atoms with Crippen molar-refractivity contribution < 1.29 is 23.0 Å². The van der Waals surface area contributed by atoms with Gasteiger partial charge in [-0.3, -0.25) is 4.79 Å². The summed E-state index contributed by atoms with van der Waals surface area (Å²) in [4.78, 5) is 11.5. The predicted octanol–water partition coefficient (Wildman–Crippen LogP) is 2.83.